The first kappa shape index (κ1) is 26.2. The molecule has 1 aromatic carbocycles. The van der Waals surface area contributed by atoms with Crippen LogP contribution in [-0.2, 0) is 0 Å². The zero-order valence-corrected chi connectivity index (χ0v) is 20.8. The molecule has 2 heterocycles. The number of ether oxygens (including phenoxy) is 1. The van der Waals surface area contributed by atoms with Crippen molar-refractivity contribution in [3.63, 3.8) is 0 Å². The van der Waals surface area contributed by atoms with E-state index in [1.54, 1.807) is 37.2 Å². The molecule has 0 spiro atoms. The molecule has 3 atom stereocenters. The maximum absolute atomic E-state index is 14.2. The number of hydrogen-bond acceptors (Lipinski definition) is 5. The third-order valence-corrected chi connectivity index (χ3v) is 5.93. The Bertz CT molecular complexity index is 1140. The van der Waals surface area contributed by atoms with Crippen molar-refractivity contribution in [2.45, 2.75) is 39.8 Å². The van der Waals surface area contributed by atoms with Gasteiger partial charge in [0.2, 0.25) is 5.88 Å². The van der Waals surface area contributed by atoms with Gasteiger partial charge in [-0.1, -0.05) is 44.7 Å². The second-order valence-electron chi connectivity index (χ2n) is 9.29. The third-order valence-electron chi connectivity index (χ3n) is 5.93. The maximum atomic E-state index is 14.2. The summed E-state index contributed by atoms with van der Waals surface area (Å²) in [6.45, 7) is 7.87. The molecule has 1 N–H and O–H groups in total. The van der Waals surface area contributed by atoms with Crippen LogP contribution in [0, 0.1) is 29.5 Å². The molecule has 3 rings (SSSR count). The Kier molecular flexibility index (Phi) is 8.47. The van der Waals surface area contributed by atoms with Crippen molar-refractivity contribution in [2.75, 3.05) is 26.7 Å². The SMILES string of the molecule is CC(C)C#Cc1cnc2c(c1)C(=O)N([C@@H](C)CO)C[C@@H](C)[C@H](CN(C)C(=O)c1ccccc1F)O2. The van der Waals surface area contributed by atoms with Crippen LogP contribution in [0.3, 0.4) is 0 Å². The quantitative estimate of drug-likeness (QED) is 0.663. The first-order valence-electron chi connectivity index (χ1n) is 11.7. The molecule has 186 valence electrons. The van der Waals surface area contributed by atoms with E-state index in [1.165, 1.54) is 23.1 Å². The maximum Gasteiger partial charge on any atom is 0.259 e. The highest BCUT2D eigenvalue weighted by atomic mass is 19.1. The lowest BCUT2D eigenvalue weighted by Crippen LogP contribution is -2.50. The Balaban J connectivity index is 1.96. The van der Waals surface area contributed by atoms with E-state index in [0.29, 0.717) is 12.1 Å². The smallest absolute Gasteiger partial charge is 0.259 e. The van der Waals surface area contributed by atoms with Crippen LogP contribution in [-0.4, -0.2) is 70.6 Å². The van der Waals surface area contributed by atoms with Gasteiger partial charge in [0, 0.05) is 37.2 Å². The first-order valence-corrected chi connectivity index (χ1v) is 11.7. The molecule has 8 heteroatoms. The van der Waals surface area contributed by atoms with Crippen LogP contribution in [0.25, 0.3) is 0 Å². The third kappa shape index (κ3) is 6.17. The van der Waals surface area contributed by atoms with Gasteiger partial charge in [0.05, 0.1) is 24.8 Å². The van der Waals surface area contributed by atoms with Gasteiger partial charge in [-0.15, -0.1) is 0 Å². The Hall–Kier alpha value is -3.44. The van der Waals surface area contributed by atoms with Crippen LogP contribution in [0.4, 0.5) is 4.39 Å². The van der Waals surface area contributed by atoms with Crippen LogP contribution in [0.2, 0.25) is 0 Å². The summed E-state index contributed by atoms with van der Waals surface area (Å²) in [6, 6.07) is 7.05. The lowest BCUT2D eigenvalue weighted by molar-refractivity contribution is 0.0312. The van der Waals surface area contributed by atoms with Crippen molar-refractivity contribution in [3.8, 4) is 17.7 Å². The van der Waals surface area contributed by atoms with Crippen molar-refractivity contribution < 1.29 is 23.8 Å². The van der Waals surface area contributed by atoms with Gasteiger partial charge in [0.15, 0.2) is 0 Å². The summed E-state index contributed by atoms with van der Waals surface area (Å²) in [7, 11) is 1.59. The fraction of sp³-hybridized carbons (Fsp3) is 0.444. The monoisotopic (exact) mass is 481 g/mol. The average molecular weight is 482 g/mol. The number of aliphatic hydroxyl groups is 1. The molecule has 7 nitrogen and oxygen atoms in total. The van der Waals surface area contributed by atoms with Gasteiger partial charge in [-0.25, -0.2) is 9.37 Å². The number of hydrogen-bond donors (Lipinski definition) is 1. The number of rotatable bonds is 5. The minimum atomic E-state index is -0.591. The average Bonchev–Trinajstić information content (AvgIpc) is 2.84. The number of amides is 2. The molecule has 0 saturated carbocycles. The lowest BCUT2D eigenvalue weighted by atomic mass is 9.99. The van der Waals surface area contributed by atoms with Gasteiger partial charge in [-0.2, -0.15) is 0 Å². The number of pyridine rings is 1. The van der Waals surface area contributed by atoms with Crippen molar-refractivity contribution >= 4 is 11.8 Å². The number of carbonyl (C=O) groups is 2. The molecule has 0 aliphatic carbocycles. The summed E-state index contributed by atoms with van der Waals surface area (Å²) in [5.74, 6) is 4.81. The molecule has 1 aliphatic heterocycles. The Morgan fingerprint density at radius 1 is 1.34 bits per heavy atom. The molecule has 0 radical (unpaired) electrons. The minimum absolute atomic E-state index is 0.0221. The zero-order valence-electron chi connectivity index (χ0n) is 20.8. The molecular formula is C27H32FN3O4. The Labute approximate surface area is 205 Å². The van der Waals surface area contributed by atoms with E-state index in [9.17, 15) is 19.1 Å². The van der Waals surface area contributed by atoms with Crippen LogP contribution in [0.5, 0.6) is 5.88 Å². The van der Waals surface area contributed by atoms with Gasteiger partial charge in [0.1, 0.15) is 17.5 Å². The normalized spacial score (nSPS) is 18.5. The Morgan fingerprint density at radius 2 is 2.06 bits per heavy atom. The van der Waals surface area contributed by atoms with Crippen LogP contribution < -0.4 is 4.74 Å². The molecule has 1 aromatic heterocycles. The number of carbonyl (C=O) groups excluding carboxylic acids is 2. The van der Waals surface area contributed by atoms with E-state index in [1.807, 2.05) is 20.8 Å². The zero-order chi connectivity index (χ0) is 25.7. The topological polar surface area (TPSA) is 83.0 Å². The predicted molar refractivity (Wildman–Crippen MR) is 130 cm³/mol. The summed E-state index contributed by atoms with van der Waals surface area (Å²) in [4.78, 5) is 33.7. The van der Waals surface area contributed by atoms with Gasteiger partial charge >= 0.3 is 0 Å². The highest BCUT2D eigenvalue weighted by molar-refractivity contribution is 5.97. The molecule has 1 aliphatic rings. The van der Waals surface area contributed by atoms with E-state index in [-0.39, 0.29) is 47.9 Å². The summed E-state index contributed by atoms with van der Waals surface area (Å²) >= 11 is 0. The lowest BCUT2D eigenvalue weighted by Gasteiger charge is -2.37. The van der Waals surface area contributed by atoms with E-state index in [0.717, 1.165) is 0 Å². The fourth-order valence-electron chi connectivity index (χ4n) is 3.81. The summed E-state index contributed by atoms with van der Waals surface area (Å²) in [6.07, 6.45) is 1.02. The molecule has 0 fully saturated rings. The molecule has 0 unspecified atom stereocenters. The molecule has 35 heavy (non-hydrogen) atoms. The minimum Gasteiger partial charge on any atom is -0.472 e. The van der Waals surface area contributed by atoms with Crippen molar-refractivity contribution in [2.24, 2.45) is 11.8 Å². The number of benzene rings is 1. The molecule has 2 aromatic rings. The van der Waals surface area contributed by atoms with Crippen LogP contribution in [0.1, 0.15) is 54.0 Å². The van der Waals surface area contributed by atoms with E-state index in [4.69, 9.17) is 4.74 Å². The van der Waals surface area contributed by atoms with Crippen LogP contribution in [0.15, 0.2) is 36.5 Å². The summed E-state index contributed by atoms with van der Waals surface area (Å²) in [5, 5.41) is 9.79. The molecule has 0 saturated heterocycles. The highest BCUT2D eigenvalue weighted by Crippen LogP contribution is 2.27. The number of fused-ring (bicyclic) bond motifs is 1. The number of likely N-dealkylation sites (N-methyl/N-ethyl adjacent to an activating group) is 1. The molecular weight excluding hydrogens is 449 g/mol. The standard InChI is InChI=1S/C27H32FN3O4/c1-17(2)10-11-20-12-22-25(29-13-20)35-24(18(3)14-31(27(22)34)19(4)16-32)15-30(5)26(33)21-8-6-7-9-23(21)28/h6-9,12-13,17-19,24,32H,14-16H2,1-5H3/t18-,19+,24+/m1/s1. The summed E-state index contributed by atoms with van der Waals surface area (Å²) in [5.41, 5.74) is 0.815. The Morgan fingerprint density at radius 3 is 2.71 bits per heavy atom. The van der Waals surface area contributed by atoms with Crippen molar-refractivity contribution in [1.82, 2.24) is 14.8 Å². The summed E-state index contributed by atoms with van der Waals surface area (Å²) < 4.78 is 20.4. The van der Waals surface area contributed by atoms with Gasteiger partial charge in [-0.3, -0.25) is 9.59 Å². The van der Waals surface area contributed by atoms with Gasteiger partial charge in [-0.05, 0) is 25.1 Å². The molecule has 0 bridgehead atoms. The number of aromatic nitrogens is 1. The second-order valence-corrected chi connectivity index (χ2v) is 9.29. The largest absolute Gasteiger partial charge is 0.472 e. The number of aliphatic hydroxyl groups excluding tert-OH is 1. The first-order chi connectivity index (χ1) is 16.6. The van der Waals surface area contributed by atoms with Crippen LogP contribution >= 0.6 is 0 Å². The second kappa shape index (κ2) is 11.3. The van der Waals surface area contributed by atoms with Gasteiger partial charge < -0.3 is 19.6 Å². The van der Waals surface area contributed by atoms with E-state index < -0.39 is 23.9 Å². The van der Waals surface area contributed by atoms with Crippen molar-refractivity contribution in [1.29, 1.82) is 0 Å². The number of halogens is 1. The number of nitrogens with zero attached hydrogens (tertiary/aromatic N) is 3. The highest BCUT2D eigenvalue weighted by Gasteiger charge is 2.35. The van der Waals surface area contributed by atoms with Gasteiger partial charge in [0.25, 0.3) is 11.8 Å². The van der Waals surface area contributed by atoms with Crippen molar-refractivity contribution in [3.05, 3.63) is 59.0 Å². The van der Waals surface area contributed by atoms with E-state index in [2.05, 4.69) is 16.8 Å². The predicted octanol–water partition coefficient (Wildman–Crippen LogP) is 3.22. The fourth-order valence-corrected chi connectivity index (χ4v) is 3.81. The van der Waals surface area contributed by atoms with E-state index >= 15 is 0 Å². The molecule has 2 amide bonds.